The summed E-state index contributed by atoms with van der Waals surface area (Å²) in [6.45, 7) is 1.91. The van der Waals surface area contributed by atoms with Crippen molar-refractivity contribution in [2.75, 3.05) is 0 Å². The predicted molar refractivity (Wildman–Crippen MR) is 91.0 cm³/mol. The second-order valence-electron chi connectivity index (χ2n) is 5.43. The van der Waals surface area contributed by atoms with Crippen molar-refractivity contribution in [3.05, 3.63) is 65.9 Å². The summed E-state index contributed by atoms with van der Waals surface area (Å²) in [5, 5.41) is 3.75. The van der Waals surface area contributed by atoms with E-state index in [0.717, 1.165) is 23.7 Å². The highest BCUT2D eigenvalue weighted by Crippen LogP contribution is 2.33. The lowest BCUT2D eigenvalue weighted by molar-refractivity contribution is -0.195. The lowest BCUT2D eigenvalue weighted by Gasteiger charge is -2.09. The van der Waals surface area contributed by atoms with Gasteiger partial charge in [-0.15, -0.1) is 9.32 Å². The number of hydrogen-bond donors (Lipinski definition) is 1. The van der Waals surface area contributed by atoms with Crippen LogP contribution in [0, 0.1) is 6.92 Å². The molecule has 1 aromatic heterocycles. The molecule has 0 radical (unpaired) electrons. The number of alkyl halides is 3. The van der Waals surface area contributed by atoms with Gasteiger partial charge in [-0.2, -0.15) is 24.2 Å². The van der Waals surface area contributed by atoms with Crippen molar-refractivity contribution in [3.8, 4) is 16.9 Å². The molecular weight excluding hydrogens is 367 g/mol. The van der Waals surface area contributed by atoms with E-state index in [1.165, 1.54) is 4.68 Å². The number of nitrogens with zero attached hydrogens (tertiary/aromatic N) is 2. The standard InChI is InChI=1S/C17H14F3N3O2S/c1-11-2-4-12(5-3-11)15-10-16(17(18,19)20)22-23(15)13-6-8-14(9-7-13)26-25-24-21/h2-10H,21H2,1H3. The third-order valence-electron chi connectivity index (χ3n) is 3.60. The van der Waals surface area contributed by atoms with Gasteiger partial charge in [0, 0.05) is 10.5 Å². The van der Waals surface area contributed by atoms with Gasteiger partial charge >= 0.3 is 6.18 Å². The Morgan fingerprint density at radius 3 is 2.27 bits per heavy atom. The predicted octanol–water partition coefficient (Wildman–Crippen LogP) is 4.70. The van der Waals surface area contributed by atoms with Crippen molar-refractivity contribution in [1.82, 2.24) is 9.78 Å². The van der Waals surface area contributed by atoms with Gasteiger partial charge in [-0.3, -0.25) is 0 Å². The van der Waals surface area contributed by atoms with E-state index in [9.17, 15) is 13.2 Å². The minimum absolute atomic E-state index is 0.347. The van der Waals surface area contributed by atoms with Crippen molar-refractivity contribution in [2.24, 2.45) is 5.90 Å². The van der Waals surface area contributed by atoms with Crippen LogP contribution < -0.4 is 5.90 Å². The van der Waals surface area contributed by atoms with E-state index < -0.39 is 11.9 Å². The molecule has 0 aliphatic rings. The molecule has 0 saturated heterocycles. The molecule has 0 spiro atoms. The fourth-order valence-electron chi connectivity index (χ4n) is 2.35. The molecule has 0 saturated carbocycles. The smallest absolute Gasteiger partial charge is 0.233 e. The Balaban J connectivity index is 2.04. The Morgan fingerprint density at radius 2 is 1.69 bits per heavy atom. The van der Waals surface area contributed by atoms with Gasteiger partial charge in [0.2, 0.25) is 0 Å². The third kappa shape index (κ3) is 4.07. The summed E-state index contributed by atoms with van der Waals surface area (Å²) in [7, 11) is 0. The fourth-order valence-corrected chi connectivity index (χ4v) is 2.71. The highest BCUT2D eigenvalue weighted by molar-refractivity contribution is 7.94. The topological polar surface area (TPSA) is 62.3 Å². The van der Waals surface area contributed by atoms with Gasteiger partial charge in [0.25, 0.3) is 0 Å². The summed E-state index contributed by atoms with van der Waals surface area (Å²) in [4.78, 5) is 4.67. The number of aromatic nitrogens is 2. The molecule has 26 heavy (non-hydrogen) atoms. The van der Waals surface area contributed by atoms with E-state index >= 15 is 0 Å². The highest BCUT2D eigenvalue weighted by Gasteiger charge is 2.35. The largest absolute Gasteiger partial charge is 0.435 e. The molecule has 0 aliphatic heterocycles. The maximum atomic E-state index is 13.2. The molecule has 0 atom stereocenters. The number of benzene rings is 2. The van der Waals surface area contributed by atoms with Gasteiger partial charge in [-0.1, -0.05) is 29.8 Å². The van der Waals surface area contributed by atoms with Crippen LogP contribution in [0.15, 0.2) is 59.5 Å². The quantitative estimate of drug-likeness (QED) is 0.394. The van der Waals surface area contributed by atoms with Crippen LogP contribution in [-0.4, -0.2) is 9.78 Å². The molecule has 9 heteroatoms. The van der Waals surface area contributed by atoms with Crippen LogP contribution in [-0.2, 0) is 15.5 Å². The SMILES string of the molecule is Cc1ccc(-c2cc(C(F)(F)F)nn2-c2ccc(SOON)cc2)cc1. The summed E-state index contributed by atoms with van der Waals surface area (Å²) in [5.74, 6) is 4.77. The Bertz CT molecular complexity index is 878. The minimum Gasteiger partial charge on any atom is -0.233 e. The fraction of sp³-hybridized carbons (Fsp3) is 0.118. The molecule has 2 aromatic carbocycles. The van der Waals surface area contributed by atoms with E-state index in [1.807, 2.05) is 19.1 Å². The zero-order chi connectivity index (χ0) is 18.7. The van der Waals surface area contributed by atoms with Crippen LogP contribution in [0.3, 0.4) is 0 Å². The van der Waals surface area contributed by atoms with E-state index in [1.54, 1.807) is 36.4 Å². The number of rotatable bonds is 5. The van der Waals surface area contributed by atoms with Crippen LogP contribution >= 0.6 is 12.0 Å². The zero-order valence-corrected chi connectivity index (χ0v) is 14.3. The highest BCUT2D eigenvalue weighted by atomic mass is 32.2. The first-order valence-corrected chi connectivity index (χ1v) is 8.17. The summed E-state index contributed by atoms with van der Waals surface area (Å²) in [6.07, 6.45) is -4.53. The average molecular weight is 381 g/mol. The molecule has 2 N–H and O–H groups in total. The second-order valence-corrected chi connectivity index (χ2v) is 6.21. The third-order valence-corrected chi connectivity index (χ3v) is 4.21. The van der Waals surface area contributed by atoms with Crippen molar-refractivity contribution in [1.29, 1.82) is 0 Å². The Morgan fingerprint density at radius 1 is 1.04 bits per heavy atom. The molecular formula is C17H14F3N3O2S. The molecule has 0 amide bonds. The van der Waals surface area contributed by atoms with E-state index in [4.69, 9.17) is 5.90 Å². The maximum absolute atomic E-state index is 13.2. The van der Waals surface area contributed by atoms with Crippen LogP contribution in [0.1, 0.15) is 11.3 Å². The molecule has 0 aliphatic carbocycles. The van der Waals surface area contributed by atoms with Gasteiger partial charge in [-0.25, -0.2) is 4.68 Å². The summed E-state index contributed by atoms with van der Waals surface area (Å²) >= 11 is 0.879. The Kier molecular flexibility index (Phi) is 5.33. The first-order valence-electron chi connectivity index (χ1n) is 7.43. The molecule has 0 bridgehead atoms. The lowest BCUT2D eigenvalue weighted by atomic mass is 10.1. The molecule has 136 valence electrons. The number of nitrogens with two attached hydrogens (primary N) is 1. The first-order chi connectivity index (χ1) is 12.4. The van der Waals surface area contributed by atoms with Crippen LogP contribution in [0.2, 0.25) is 0 Å². The lowest BCUT2D eigenvalue weighted by Crippen LogP contribution is -2.07. The molecule has 3 aromatic rings. The number of halogens is 3. The van der Waals surface area contributed by atoms with Crippen molar-refractivity contribution in [2.45, 2.75) is 18.0 Å². The van der Waals surface area contributed by atoms with E-state index in [0.29, 0.717) is 21.8 Å². The van der Waals surface area contributed by atoms with Crippen LogP contribution in [0.4, 0.5) is 13.2 Å². The molecule has 0 fully saturated rings. The molecule has 1 heterocycles. The van der Waals surface area contributed by atoms with Gasteiger partial charge in [0.15, 0.2) is 5.69 Å². The summed E-state index contributed by atoms with van der Waals surface area (Å²) in [6, 6.07) is 14.8. The van der Waals surface area contributed by atoms with Crippen molar-refractivity contribution < 1.29 is 22.5 Å². The van der Waals surface area contributed by atoms with Crippen LogP contribution in [0.5, 0.6) is 0 Å². The monoisotopic (exact) mass is 381 g/mol. The van der Waals surface area contributed by atoms with Crippen molar-refractivity contribution >= 4 is 12.0 Å². The summed E-state index contributed by atoms with van der Waals surface area (Å²) in [5.41, 5.74) is 1.52. The Hall–Kier alpha value is -2.33. The van der Waals surface area contributed by atoms with Gasteiger partial charge in [-0.05, 0) is 37.3 Å². The average Bonchev–Trinajstić information content (AvgIpc) is 3.07. The van der Waals surface area contributed by atoms with E-state index in [2.05, 4.69) is 14.4 Å². The van der Waals surface area contributed by atoms with Gasteiger partial charge < -0.3 is 0 Å². The molecule has 0 unspecified atom stereocenters. The molecule has 3 rings (SSSR count). The van der Waals surface area contributed by atoms with Crippen LogP contribution in [0.25, 0.3) is 16.9 Å². The van der Waals surface area contributed by atoms with Gasteiger partial charge in [0.05, 0.1) is 23.4 Å². The normalized spacial score (nSPS) is 11.7. The summed E-state index contributed by atoms with van der Waals surface area (Å²) < 4.78 is 45.3. The maximum Gasteiger partial charge on any atom is 0.435 e. The van der Waals surface area contributed by atoms with E-state index in [-0.39, 0.29) is 0 Å². The zero-order valence-electron chi connectivity index (χ0n) is 13.5. The Labute approximate surface area is 151 Å². The number of aryl methyl sites for hydroxylation is 1. The first kappa shape index (κ1) is 18.5. The number of hydrogen-bond acceptors (Lipinski definition) is 5. The minimum atomic E-state index is -4.53. The molecule has 5 nitrogen and oxygen atoms in total. The van der Waals surface area contributed by atoms with Gasteiger partial charge in [0.1, 0.15) is 0 Å². The second kappa shape index (κ2) is 7.50. The van der Waals surface area contributed by atoms with Crippen molar-refractivity contribution in [3.63, 3.8) is 0 Å².